The van der Waals surface area contributed by atoms with Crippen molar-refractivity contribution in [3.8, 4) is 0 Å². The maximum Gasteiger partial charge on any atom is 0.407 e. The topological polar surface area (TPSA) is 60.8 Å². The fraction of sp³-hybridized carbons (Fsp3) is 0.889. The van der Waals surface area contributed by atoms with Crippen LogP contribution in [0.25, 0.3) is 0 Å². The highest BCUT2D eigenvalue weighted by molar-refractivity contribution is 5.66. The van der Waals surface area contributed by atoms with E-state index in [2.05, 4.69) is 0 Å². The molecule has 2 fully saturated rings. The summed E-state index contributed by atoms with van der Waals surface area (Å²) in [6.07, 6.45) is -1.10. The molecular weight excluding hydrogens is 189 g/mol. The Labute approximate surface area is 81.3 Å². The molecule has 2 N–H and O–H groups in total. The van der Waals surface area contributed by atoms with E-state index in [9.17, 15) is 14.3 Å². The Kier molecular flexibility index (Phi) is 2.34. The van der Waals surface area contributed by atoms with E-state index in [1.165, 1.54) is 4.90 Å². The summed E-state index contributed by atoms with van der Waals surface area (Å²) in [4.78, 5) is 12.1. The first-order valence-corrected chi connectivity index (χ1v) is 4.94. The van der Waals surface area contributed by atoms with Crippen LogP contribution in [0.5, 0.6) is 0 Å². The monoisotopic (exact) mass is 203 g/mol. The zero-order valence-corrected chi connectivity index (χ0v) is 7.77. The van der Waals surface area contributed by atoms with Crippen molar-refractivity contribution in [3.63, 3.8) is 0 Å². The van der Waals surface area contributed by atoms with Crippen LogP contribution in [-0.4, -0.2) is 45.6 Å². The second-order valence-corrected chi connectivity index (χ2v) is 4.09. The van der Waals surface area contributed by atoms with Crippen LogP contribution < -0.4 is 0 Å². The molecule has 2 aliphatic heterocycles. The summed E-state index contributed by atoms with van der Waals surface area (Å²) in [5.74, 6) is 0. The van der Waals surface area contributed by atoms with E-state index in [1.54, 1.807) is 0 Å². The number of nitrogens with zero attached hydrogens (tertiary/aromatic N) is 1. The minimum absolute atomic E-state index is 0.187. The van der Waals surface area contributed by atoms with Gasteiger partial charge in [0.15, 0.2) is 0 Å². The van der Waals surface area contributed by atoms with Crippen molar-refractivity contribution >= 4 is 6.09 Å². The normalized spacial score (nSPS) is 42.3. The molecule has 2 aliphatic rings. The summed E-state index contributed by atoms with van der Waals surface area (Å²) in [5.41, 5.74) is 0. The largest absolute Gasteiger partial charge is 0.465 e. The second-order valence-electron chi connectivity index (χ2n) is 4.09. The van der Waals surface area contributed by atoms with Crippen LogP contribution in [0, 0.1) is 0 Å². The first-order chi connectivity index (χ1) is 6.61. The van der Waals surface area contributed by atoms with Gasteiger partial charge in [-0.1, -0.05) is 0 Å². The quantitative estimate of drug-likeness (QED) is 0.617. The van der Waals surface area contributed by atoms with Crippen molar-refractivity contribution in [2.75, 3.05) is 0 Å². The Morgan fingerprint density at radius 1 is 1.43 bits per heavy atom. The van der Waals surface area contributed by atoms with Gasteiger partial charge in [0.25, 0.3) is 0 Å². The van der Waals surface area contributed by atoms with Gasteiger partial charge in [-0.05, 0) is 25.7 Å². The number of rotatable bonds is 0. The zero-order chi connectivity index (χ0) is 10.3. The summed E-state index contributed by atoms with van der Waals surface area (Å²) in [5, 5.41) is 18.3. The predicted octanol–water partition coefficient (Wildman–Crippen LogP) is 0.990. The van der Waals surface area contributed by atoms with Crippen molar-refractivity contribution in [1.29, 1.82) is 0 Å². The Bertz CT molecular complexity index is 248. The third-order valence-electron chi connectivity index (χ3n) is 3.26. The summed E-state index contributed by atoms with van der Waals surface area (Å²) in [6.45, 7) is 0. The Balaban J connectivity index is 2.22. The third-order valence-corrected chi connectivity index (χ3v) is 3.26. The van der Waals surface area contributed by atoms with E-state index >= 15 is 0 Å². The van der Waals surface area contributed by atoms with Crippen molar-refractivity contribution < 1.29 is 19.4 Å². The number of halogens is 1. The highest BCUT2D eigenvalue weighted by Crippen LogP contribution is 2.35. The second kappa shape index (κ2) is 3.38. The molecule has 14 heavy (non-hydrogen) atoms. The van der Waals surface area contributed by atoms with Gasteiger partial charge in [0.1, 0.15) is 6.17 Å². The van der Waals surface area contributed by atoms with Gasteiger partial charge in [-0.3, -0.25) is 4.90 Å². The number of aliphatic hydroxyl groups excluding tert-OH is 1. The fourth-order valence-electron chi connectivity index (χ4n) is 2.62. The van der Waals surface area contributed by atoms with Crippen LogP contribution in [0.15, 0.2) is 0 Å². The van der Waals surface area contributed by atoms with E-state index in [0.29, 0.717) is 6.42 Å². The van der Waals surface area contributed by atoms with E-state index in [-0.39, 0.29) is 12.5 Å². The lowest BCUT2D eigenvalue weighted by molar-refractivity contribution is -0.0715. The predicted molar refractivity (Wildman–Crippen MR) is 46.8 cm³/mol. The average Bonchev–Trinajstić information content (AvgIpc) is 2.14. The molecule has 0 saturated carbocycles. The molecule has 0 aliphatic carbocycles. The average molecular weight is 203 g/mol. The number of fused-ring (bicyclic) bond motifs is 2. The van der Waals surface area contributed by atoms with Crippen molar-refractivity contribution in [1.82, 2.24) is 4.90 Å². The van der Waals surface area contributed by atoms with Crippen LogP contribution in [-0.2, 0) is 0 Å². The van der Waals surface area contributed by atoms with Crippen LogP contribution in [0.1, 0.15) is 25.7 Å². The zero-order valence-electron chi connectivity index (χ0n) is 7.77. The van der Waals surface area contributed by atoms with Crippen molar-refractivity contribution in [2.24, 2.45) is 0 Å². The summed E-state index contributed by atoms with van der Waals surface area (Å²) >= 11 is 0. The molecule has 1 amide bonds. The number of carboxylic acid groups (broad SMARTS) is 1. The molecule has 2 rings (SSSR count). The van der Waals surface area contributed by atoms with Gasteiger partial charge >= 0.3 is 6.09 Å². The molecule has 0 aromatic carbocycles. The number of carbonyl (C=O) groups is 1. The number of hydrogen-bond acceptors (Lipinski definition) is 2. The first kappa shape index (κ1) is 9.71. The minimum Gasteiger partial charge on any atom is -0.465 e. The summed E-state index contributed by atoms with van der Waals surface area (Å²) < 4.78 is 13.5. The van der Waals surface area contributed by atoms with Crippen LogP contribution in [0.2, 0.25) is 0 Å². The van der Waals surface area contributed by atoms with E-state index in [4.69, 9.17) is 5.11 Å². The number of aliphatic hydroxyl groups is 1. The molecular formula is C9H14FNO3. The molecule has 2 heterocycles. The maximum atomic E-state index is 13.5. The number of hydrogen-bond donors (Lipinski definition) is 2. The molecule has 0 radical (unpaired) electrons. The number of alkyl halides is 1. The van der Waals surface area contributed by atoms with Gasteiger partial charge < -0.3 is 10.2 Å². The summed E-state index contributed by atoms with van der Waals surface area (Å²) in [7, 11) is 0. The van der Waals surface area contributed by atoms with Crippen LogP contribution >= 0.6 is 0 Å². The molecule has 4 atom stereocenters. The molecule has 0 aromatic heterocycles. The minimum atomic E-state index is -1.41. The third kappa shape index (κ3) is 1.35. The Hall–Kier alpha value is -0.840. The molecule has 2 saturated heterocycles. The van der Waals surface area contributed by atoms with Crippen LogP contribution in [0.3, 0.4) is 0 Å². The highest BCUT2D eigenvalue weighted by Gasteiger charge is 2.46. The van der Waals surface area contributed by atoms with E-state index in [0.717, 1.165) is 12.8 Å². The van der Waals surface area contributed by atoms with Gasteiger partial charge in [0, 0.05) is 6.04 Å². The lowest BCUT2D eigenvalue weighted by atomic mass is 9.82. The number of amides is 1. The Morgan fingerprint density at radius 2 is 2.14 bits per heavy atom. The molecule has 0 aromatic rings. The fourth-order valence-corrected chi connectivity index (χ4v) is 2.62. The SMILES string of the molecule is O=C(O)N1[C@@H]2CCC[C@H]1[C@@H](F)[C@H](O)C2. The van der Waals surface area contributed by atoms with E-state index < -0.39 is 24.4 Å². The molecule has 80 valence electrons. The van der Waals surface area contributed by atoms with Gasteiger partial charge in [-0.25, -0.2) is 9.18 Å². The smallest absolute Gasteiger partial charge is 0.407 e. The standard InChI is InChI=1S/C9H14FNO3/c10-8-6-3-1-2-5(4-7(8)12)11(6)9(13)14/h5-8,12H,1-4H2,(H,13,14)/t5-,6+,7-,8-/m1/s1. The van der Waals surface area contributed by atoms with Gasteiger partial charge in [0.2, 0.25) is 0 Å². The Morgan fingerprint density at radius 3 is 2.79 bits per heavy atom. The highest BCUT2D eigenvalue weighted by atomic mass is 19.1. The molecule has 0 spiro atoms. The van der Waals surface area contributed by atoms with Gasteiger partial charge in [-0.2, -0.15) is 0 Å². The molecule has 2 bridgehead atoms. The van der Waals surface area contributed by atoms with E-state index in [1.807, 2.05) is 0 Å². The van der Waals surface area contributed by atoms with Gasteiger partial charge in [-0.15, -0.1) is 0 Å². The van der Waals surface area contributed by atoms with Crippen LogP contribution in [0.4, 0.5) is 9.18 Å². The molecule has 0 unspecified atom stereocenters. The van der Waals surface area contributed by atoms with Crippen molar-refractivity contribution in [3.05, 3.63) is 0 Å². The maximum absolute atomic E-state index is 13.5. The van der Waals surface area contributed by atoms with Gasteiger partial charge in [0.05, 0.1) is 12.1 Å². The molecule has 4 nitrogen and oxygen atoms in total. The number of piperidine rings is 2. The van der Waals surface area contributed by atoms with Crippen molar-refractivity contribution in [2.45, 2.75) is 50.0 Å². The summed E-state index contributed by atoms with van der Waals surface area (Å²) in [6, 6.07) is -0.816. The first-order valence-electron chi connectivity index (χ1n) is 4.94. The lowest BCUT2D eigenvalue weighted by Crippen LogP contribution is -2.61. The molecule has 5 heteroatoms. The lowest BCUT2D eigenvalue weighted by Gasteiger charge is -2.47.